The molecule has 0 saturated carbocycles. The second kappa shape index (κ2) is 3.35. The molecule has 1 heteroatoms. The van der Waals surface area contributed by atoms with Crippen molar-refractivity contribution < 1.29 is 4.48 Å². The first-order chi connectivity index (χ1) is 7.55. The minimum atomic E-state index is 0.507. The van der Waals surface area contributed by atoms with Crippen molar-refractivity contribution >= 4 is 0 Å². The topological polar surface area (TPSA) is 0 Å². The minimum Gasteiger partial charge on any atom is -0.317 e. The molecule has 0 N–H and O–H groups in total. The minimum absolute atomic E-state index is 0.507. The van der Waals surface area contributed by atoms with Gasteiger partial charge >= 0.3 is 0 Å². The fourth-order valence-corrected chi connectivity index (χ4v) is 4.92. The summed E-state index contributed by atoms with van der Waals surface area (Å²) < 4.78 is 1.34. The molecule has 2 heterocycles. The van der Waals surface area contributed by atoms with Gasteiger partial charge in [-0.05, 0) is 38.2 Å². The zero-order valence-electron chi connectivity index (χ0n) is 11.2. The van der Waals surface area contributed by atoms with E-state index in [2.05, 4.69) is 20.9 Å². The van der Waals surface area contributed by atoms with Gasteiger partial charge in [0.1, 0.15) is 5.54 Å². The van der Waals surface area contributed by atoms with Crippen LogP contribution in [0.3, 0.4) is 0 Å². The fraction of sp³-hybridized carbons (Fsp3) is 0.867. The van der Waals surface area contributed by atoms with Crippen LogP contribution in [0, 0.1) is 5.92 Å². The lowest BCUT2D eigenvalue weighted by Gasteiger charge is -2.51. The maximum absolute atomic E-state index is 2.57. The lowest BCUT2D eigenvalue weighted by Crippen LogP contribution is -2.60. The Labute approximate surface area is 100 Å². The van der Waals surface area contributed by atoms with Gasteiger partial charge in [-0.2, -0.15) is 0 Å². The van der Waals surface area contributed by atoms with Gasteiger partial charge < -0.3 is 4.48 Å². The number of quaternary nitrogens is 1. The Morgan fingerprint density at radius 2 is 1.94 bits per heavy atom. The molecule has 0 unspecified atom stereocenters. The average molecular weight is 220 g/mol. The summed E-state index contributed by atoms with van der Waals surface area (Å²) in [6.07, 6.45) is 8.55. The molecule has 0 aromatic heterocycles. The summed E-state index contributed by atoms with van der Waals surface area (Å²) in [4.78, 5) is 0. The number of likely N-dealkylation sites (N-methyl/N-ethyl adjacent to an activating group) is 1. The summed E-state index contributed by atoms with van der Waals surface area (Å²) in [5, 5.41) is 0. The number of hydrogen-bond donors (Lipinski definition) is 0. The van der Waals surface area contributed by atoms with Gasteiger partial charge in [-0.1, -0.05) is 12.5 Å². The van der Waals surface area contributed by atoms with Gasteiger partial charge in [-0.15, -0.1) is 0 Å². The fourth-order valence-electron chi connectivity index (χ4n) is 4.92. The standard InChI is InChI=1S/C15H26N/c1-12-10-15(2)14-7-5-4-6-13(14)8-9-16(15,3)11-12/h12H,4-11H2,1-3H3/q+1/t12-,15-,16-/m1/s1. The van der Waals surface area contributed by atoms with Crippen molar-refractivity contribution in [3.05, 3.63) is 11.1 Å². The van der Waals surface area contributed by atoms with Gasteiger partial charge in [0.05, 0.1) is 20.1 Å². The molecule has 3 atom stereocenters. The number of nitrogens with zero attached hydrogens (tertiary/aromatic N) is 1. The van der Waals surface area contributed by atoms with Crippen LogP contribution in [0.1, 0.15) is 52.4 Å². The SMILES string of the molecule is C[C@@H]1C[C@]2(C)C3=C(CCCC3)CC[N@+]2(C)C1. The Morgan fingerprint density at radius 3 is 2.75 bits per heavy atom. The van der Waals surface area contributed by atoms with Crippen LogP contribution >= 0.6 is 0 Å². The molecule has 3 rings (SSSR count). The van der Waals surface area contributed by atoms with Gasteiger partial charge in [0, 0.05) is 18.8 Å². The molecule has 3 aliphatic rings. The predicted molar refractivity (Wildman–Crippen MR) is 68.2 cm³/mol. The molecule has 0 aromatic carbocycles. The van der Waals surface area contributed by atoms with E-state index in [0.29, 0.717) is 5.54 Å². The number of rotatable bonds is 0. The Hall–Kier alpha value is -0.300. The highest BCUT2D eigenvalue weighted by molar-refractivity contribution is 5.29. The van der Waals surface area contributed by atoms with Crippen LogP contribution in [0.2, 0.25) is 0 Å². The van der Waals surface area contributed by atoms with E-state index >= 15 is 0 Å². The molecule has 2 aliphatic heterocycles. The Kier molecular flexibility index (Phi) is 2.27. The van der Waals surface area contributed by atoms with E-state index in [0.717, 1.165) is 5.92 Å². The second-order valence-electron chi connectivity index (χ2n) is 6.92. The van der Waals surface area contributed by atoms with Crippen LogP contribution in [-0.2, 0) is 0 Å². The molecular formula is C15H26N+. The summed E-state index contributed by atoms with van der Waals surface area (Å²) >= 11 is 0. The highest BCUT2D eigenvalue weighted by Crippen LogP contribution is 2.51. The predicted octanol–water partition coefficient (Wildman–Crippen LogP) is 3.51. The van der Waals surface area contributed by atoms with Crippen molar-refractivity contribution in [1.29, 1.82) is 0 Å². The van der Waals surface area contributed by atoms with Crippen LogP contribution in [0.5, 0.6) is 0 Å². The van der Waals surface area contributed by atoms with Crippen LogP contribution in [0.4, 0.5) is 0 Å². The molecule has 0 aromatic rings. The van der Waals surface area contributed by atoms with Crippen molar-refractivity contribution in [3.8, 4) is 0 Å². The number of fused-ring (bicyclic) bond motifs is 2. The zero-order valence-corrected chi connectivity index (χ0v) is 11.2. The van der Waals surface area contributed by atoms with E-state index in [1.807, 2.05) is 11.1 Å². The molecule has 1 nitrogen and oxygen atoms in total. The smallest absolute Gasteiger partial charge is 0.118 e. The molecule has 1 aliphatic carbocycles. The van der Waals surface area contributed by atoms with Crippen LogP contribution in [0.15, 0.2) is 11.1 Å². The molecule has 16 heavy (non-hydrogen) atoms. The van der Waals surface area contributed by atoms with Crippen molar-refractivity contribution in [1.82, 2.24) is 0 Å². The zero-order chi connectivity index (χ0) is 11.4. The normalized spacial score (nSPS) is 47.8. The van der Waals surface area contributed by atoms with Crippen LogP contribution in [-0.4, -0.2) is 30.2 Å². The molecule has 1 saturated heterocycles. The Bertz CT molecular complexity index is 343. The third-order valence-corrected chi connectivity index (χ3v) is 5.79. The molecule has 90 valence electrons. The summed E-state index contributed by atoms with van der Waals surface area (Å²) in [5.41, 5.74) is 4.25. The third-order valence-electron chi connectivity index (χ3n) is 5.79. The van der Waals surface area contributed by atoms with Crippen LogP contribution < -0.4 is 0 Å². The maximum atomic E-state index is 2.57. The Morgan fingerprint density at radius 1 is 1.19 bits per heavy atom. The Balaban J connectivity index is 2.06. The van der Waals surface area contributed by atoms with E-state index < -0.39 is 0 Å². The van der Waals surface area contributed by atoms with Gasteiger partial charge in [-0.3, -0.25) is 0 Å². The van der Waals surface area contributed by atoms with E-state index in [1.165, 1.54) is 56.1 Å². The summed E-state index contributed by atoms with van der Waals surface area (Å²) in [6.45, 7) is 7.83. The molecule has 1 fully saturated rings. The summed E-state index contributed by atoms with van der Waals surface area (Å²) in [5.74, 6) is 0.920. The first-order valence-corrected chi connectivity index (χ1v) is 7.11. The highest BCUT2D eigenvalue weighted by atomic mass is 15.4. The lowest BCUT2D eigenvalue weighted by molar-refractivity contribution is -0.941. The van der Waals surface area contributed by atoms with E-state index in [4.69, 9.17) is 0 Å². The molecule has 0 bridgehead atoms. The van der Waals surface area contributed by atoms with Gasteiger partial charge in [-0.25, -0.2) is 0 Å². The van der Waals surface area contributed by atoms with Crippen molar-refractivity contribution in [2.75, 3.05) is 20.1 Å². The number of hydrogen-bond acceptors (Lipinski definition) is 0. The monoisotopic (exact) mass is 220 g/mol. The van der Waals surface area contributed by atoms with Gasteiger partial charge in [0.2, 0.25) is 0 Å². The van der Waals surface area contributed by atoms with Gasteiger partial charge in [0.25, 0.3) is 0 Å². The van der Waals surface area contributed by atoms with Crippen LogP contribution in [0.25, 0.3) is 0 Å². The highest BCUT2D eigenvalue weighted by Gasteiger charge is 2.56. The third kappa shape index (κ3) is 1.27. The molecule has 0 amide bonds. The average Bonchev–Trinajstić information content (AvgIpc) is 2.49. The molecular weight excluding hydrogens is 194 g/mol. The quantitative estimate of drug-likeness (QED) is 0.433. The summed E-state index contributed by atoms with van der Waals surface area (Å²) in [6, 6.07) is 0. The molecule has 0 spiro atoms. The lowest BCUT2D eigenvalue weighted by atomic mass is 9.73. The van der Waals surface area contributed by atoms with Crippen molar-refractivity contribution in [2.45, 2.75) is 57.9 Å². The summed E-state index contributed by atoms with van der Waals surface area (Å²) in [7, 11) is 2.52. The first kappa shape index (κ1) is 10.8. The second-order valence-corrected chi connectivity index (χ2v) is 6.92. The largest absolute Gasteiger partial charge is 0.317 e. The van der Waals surface area contributed by atoms with E-state index in [1.54, 1.807) is 0 Å². The molecule has 0 radical (unpaired) electrons. The van der Waals surface area contributed by atoms with Gasteiger partial charge in [0.15, 0.2) is 0 Å². The van der Waals surface area contributed by atoms with E-state index in [9.17, 15) is 0 Å². The van der Waals surface area contributed by atoms with Crippen molar-refractivity contribution in [2.24, 2.45) is 5.92 Å². The first-order valence-electron chi connectivity index (χ1n) is 7.11. The maximum Gasteiger partial charge on any atom is 0.118 e. The van der Waals surface area contributed by atoms with Crippen molar-refractivity contribution in [3.63, 3.8) is 0 Å². The van der Waals surface area contributed by atoms with E-state index in [-0.39, 0.29) is 0 Å².